The third-order valence-corrected chi connectivity index (χ3v) is 3.67. The van der Waals surface area contributed by atoms with Crippen molar-refractivity contribution >= 4 is 11.8 Å². The van der Waals surface area contributed by atoms with Crippen LogP contribution < -0.4 is 9.47 Å². The Morgan fingerprint density at radius 1 is 1.00 bits per heavy atom. The molecule has 0 bridgehead atoms. The molecule has 1 atom stereocenters. The van der Waals surface area contributed by atoms with Crippen LogP contribution in [0.4, 0.5) is 0 Å². The summed E-state index contributed by atoms with van der Waals surface area (Å²) in [5.41, 5.74) is 1.17. The maximum Gasteiger partial charge on any atom is 0.310 e. The molecule has 5 heteroatoms. The Kier molecular flexibility index (Phi) is 5.01. The number of ketones is 1. The summed E-state index contributed by atoms with van der Waals surface area (Å²) in [5, 5.41) is 9.32. The van der Waals surface area contributed by atoms with Crippen LogP contribution in [0, 0.1) is 0 Å². The van der Waals surface area contributed by atoms with E-state index in [9.17, 15) is 14.7 Å². The van der Waals surface area contributed by atoms with Crippen LogP contribution in [0.3, 0.4) is 0 Å². The molecule has 0 fully saturated rings. The van der Waals surface area contributed by atoms with Gasteiger partial charge in [-0.1, -0.05) is 30.3 Å². The number of carboxylic acids is 1. The molecule has 23 heavy (non-hydrogen) atoms. The van der Waals surface area contributed by atoms with Gasteiger partial charge in [0.05, 0.1) is 20.1 Å². The molecule has 0 saturated heterocycles. The fourth-order valence-electron chi connectivity index (χ4n) is 2.33. The van der Waals surface area contributed by atoms with Gasteiger partial charge in [-0.2, -0.15) is 0 Å². The Morgan fingerprint density at radius 3 is 2.09 bits per heavy atom. The van der Waals surface area contributed by atoms with Gasteiger partial charge in [0.25, 0.3) is 0 Å². The molecule has 120 valence electrons. The lowest BCUT2D eigenvalue weighted by atomic mass is 9.90. The van der Waals surface area contributed by atoms with Gasteiger partial charge in [0.1, 0.15) is 0 Å². The molecular formula is C18H18O5. The Balaban J connectivity index is 2.64. The van der Waals surface area contributed by atoms with Crippen LogP contribution >= 0.6 is 0 Å². The molecule has 1 unspecified atom stereocenters. The predicted octanol–water partition coefficient (Wildman–Crippen LogP) is 3.12. The molecule has 0 aliphatic carbocycles. The minimum absolute atomic E-state index is 0.255. The quantitative estimate of drug-likeness (QED) is 0.829. The van der Waals surface area contributed by atoms with E-state index in [1.54, 1.807) is 30.3 Å². The topological polar surface area (TPSA) is 72.8 Å². The molecule has 2 rings (SSSR count). The van der Waals surface area contributed by atoms with Crippen molar-refractivity contribution < 1.29 is 24.2 Å². The van der Waals surface area contributed by atoms with Gasteiger partial charge in [-0.15, -0.1) is 0 Å². The molecule has 0 saturated carbocycles. The van der Waals surface area contributed by atoms with Crippen molar-refractivity contribution in [3.05, 3.63) is 59.2 Å². The molecule has 0 spiro atoms. The van der Waals surface area contributed by atoms with E-state index in [0.29, 0.717) is 28.2 Å². The summed E-state index contributed by atoms with van der Waals surface area (Å²) in [6.07, 6.45) is 0. The van der Waals surface area contributed by atoms with E-state index in [4.69, 9.17) is 9.47 Å². The lowest BCUT2D eigenvalue weighted by Gasteiger charge is -2.17. The Labute approximate surface area is 134 Å². The maximum atomic E-state index is 12.8. The second-order valence-electron chi connectivity index (χ2n) is 5.05. The fraction of sp³-hybridized carbons (Fsp3) is 0.222. The minimum Gasteiger partial charge on any atom is -0.493 e. The van der Waals surface area contributed by atoms with Crippen LogP contribution in [0.5, 0.6) is 11.5 Å². The Morgan fingerprint density at radius 2 is 1.57 bits per heavy atom. The van der Waals surface area contributed by atoms with E-state index in [1.165, 1.54) is 27.2 Å². The predicted molar refractivity (Wildman–Crippen MR) is 85.5 cm³/mol. The van der Waals surface area contributed by atoms with E-state index in [-0.39, 0.29) is 5.78 Å². The first-order chi connectivity index (χ1) is 11.0. The average Bonchev–Trinajstić information content (AvgIpc) is 2.59. The van der Waals surface area contributed by atoms with E-state index < -0.39 is 11.9 Å². The highest BCUT2D eigenvalue weighted by molar-refractivity contribution is 6.11. The SMILES string of the molecule is COc1cc(C(=O)c2ccccc2)c(C(C)C(=O)O)cc1OC. The second-order valence-corrected chi connectivity index (χ2v) is 5.05. The number of carbonyl (C=O) groups is 2. The highest BCUT2D eigenvalue weighted by Gasteiger charge is 2.24. The van der Waals surface area contributed by atoms with Crippen LogP contribution in [-0.4, -0.2) is 31.1 Å². The first-order valence-corrected chi connectivity index (χ1v) is 7.08. The molecule has 0 aromatic heterocycles. The minimum atomic E-state index is -1.01. The molecule has 2 aromatic rings. The van der Waals surface area contributed by atoms with Gasteiger partial charge in [0, 0.05) is 11.1 Å². The summed E-state index contributed by atoms with van der Waals surface area (Å²) in [7, 11) is 2.93. The number of aliphatic carboxylic acids is 1. The van der Waals surface area contributed by atoms with E-state index in [0.717, 1.165) is 0 Å². The van der Waals surface area contributed by atoms with E-state index in [1.807, 2.05) is 6.07 Å². The molecule has 0 aliphatic heterocycles. The number of methoxy groups -OCH3 is 2. The first-order valence-electron chi connectivity index (χ1n) is 7.08. The van der Waals surface area contributed by atoms with Crippen molar-refractivity contribution in [2.45, 2.75) is 12.8 Å². The standard InChI is InChI=1S/C18H18O5/c1-11(18(20)21)13-9-15(22-2)16(23-3)10-14(13)17(19)12-7-5-4-6-8-12/h4-11H,1-3H3,(H,20,21). The van der Waals surface area contributed by atoms with Crippen LogP contribution in [0.15, 0.2) is 42.5 Å². The highest BCUT2D eigenvalue weighted by Crippen LogP contribution is 2.35. The van der Waals surface area contributed by atoms with Crippen LogP contribution in [0.25, 0.3) is 0 Å². The van der Waals surface area contributed by atoms with Gasteiger partial charge < -0.3 is 14.6 Å². The van der Waals surface area contributed by atoms with Crippen molar-refractivity contribution in [1.29, 1.82) is 0 Å². The average molecular weight is 314 g/mol. The summed E-state index contributed by atoms with van der Waals surface area (Å²) < 4.78 is 10.5. The smallest absolute Gasteiger partial charge is 0.310 e. The van der Waals surface area contributed by atoms with Crippen molar-refractivity contribution in [1.82, 2.24) is 0 Å². The number of hydrogen-bond donors (Lipinski definition) is 1. The fourth-order valence-corrected chi connectivity index (χ4v) is 2.33. The molecular weight excluding hydrogens is 296 g/mol. The molecule has 0 heterocycles. The number of carbonyl (C=O) groups excluding carboxylic acids is 1. The molecule has 0 aliphatic rings. The lowest BCUT2D eigenvalue weighted by Crippen LogP contribution is -2.14. The van der Waals surface area contributed by atoms with Crippen molar-refractivity contribution in [3.8, 4) is 11.5 Å². The Bertz CT molecular complexity index is 722. The van der Waals surface area contributed by atoms with Crippen molar-refractivity contribution in [3.63, 3.8) is 0 Å². The number of hydrogen-bond acceptors (Lipinski definition) is 4. The van der Waals surface area contributed by atoms with Gasteiger partial charge in [-0.3, -0.25) is 9.59 Å². The summed E-state index contributed by atoms with van der Waals surface area (Å²) in [4.78, 5) is 24.2. The van der Waals surface area contributed by atoms with Gasteiger partial charge >= 0.3 is 5.97 Å². The Hall–Kier alpha value is -2.82. The van der Waals surface area contributed by atoms with Gasteiger partial charge in [0.2, 0.25) is 0 Å². The monoisotopic (exact) mass is 314 g/mol. The first kappa shape index (κ1) is 16.5. The molecule has 5 nitrogen and oxygen atoms in total. The number of benzene rings is 2. The summed E-state index contributed by atoms with van der Waals surface area (Å²) >= 11 is 0. The summed E-state index contributed by atoms with van der Waals surface area (Å²) in [5.74, 6) is -1.35. The lowest BCUT2D eigenvalue weighted by molar-refractivity contribution is -0.138. The number of rotatable bonds is 6. The third-order valence-electron chi connectivity index (χ3n) is 3.67. The van der Waals surface area contributed by atoms with Gasteiger partial charge in [0.15, 0.2) is 17.3 Å². The molecule has 2 aromatic carbocycles. The largest absolute Gasteiger partial charge is 0.493 e. The molecule has 0 amide bonds. The normalized spacial score (nSPS) is 11.6. The summed E-state index contributed by atoms with van der Waals surface area (Å²) in [6, 6.07) is 11.8. The van der Waals surface area contributed by atoms with E-state index >= 15 is 0 Å². The zero-order valence-corrected chi connectivity index (χ0v) is 13.2. The molecule has 1 N–H and O–H groups in total. The van der Waals surface area contributed by atoms with Crippen LogP contribution in [-0.2, 0) is 4.79 Å². The zero-order valence-electron chi connectivity index (χ0n) is 13.2. The van der Waals surface area contributed by atoms with Gasteiger partial charge in [-0.25, -0.2) is 0 Å². The highest BCUT2D eigenvalue weighted by atomic mass is 16.5. The summed E-state index contributed by atoms with van der Waals surface area (Å²) in [6.45, 7) is 1.53. The van der Waals surface area contributed by atoms with Crippen LogP contribution in [0.2, 0.25) is 0 Å². The zero-order chi connectivity index (χ0) is 17.0. The molecule has 0 radical (unpaired) electrons. The second kappa shape index (κ2) is 6.96. The van der Waals surface area contributed by atoms with Crippen molar-refractivity contribution in [2.75, 3.05) is 14.2 Å². The third kappa shape index (κ3) is 3.34. The number of carboxylic acid groups (broad SMARTS) is 1. The van der Waals surface area contributed by atoms with Crippen molar-refractivity contribution in [2.24, 2.45) is 0 Å². The van der Waals surface area contributed by atoms with Gasteiger partial charge in [-0.05, 0) is 24.6 Å². The van der Waals surface area contributed by atoms with Crippen LogP contribution in [0.1, 0.15) is 34.3 Å². The maximum absolute atomic E-state index is 12.8. The number of ether oxygens (including phenoxy) is 2. The van der Waals surface area contributed by atoms with E-state index in [2.05, 4.69) is 0 Å².